The van der Waals surface area contributed by atoms with Gasteiger partial charge in [0, 0.05) is 34.4 Å². The quantitative estimate of drug-likeness (QED) is 0.157. The second-order valence-electron chi connectivity index (χ2n) is 11.9. The summed E-state index contributed by atoms with van der Waals surface area (Å²) >= 11 is 0. The lowest BCUT2D eigenvalue weighted by Gasteiger charge is -2.36. The van der Waals surface area contributed by atoms with E-state index >= 15 is 0 Å². The molecule has 9 nitrogen and oxygen atoms in total. The van der Waals surface area contributed by atoms with Crippen molar-refractivity contribution in [2.75, 3.05) is 74.1 Å². The normalized spacial score (nSPS) is 15.6. The Hall–Kier alpha value is -0.360. The van der Waals surface area contributed by atoms with Crippen LogP contribution in [0, 0.1) is 0 Å². The fraction of sp³-hybridized carbons (Fsp3) is 1.00. The molecule has 9 heteroatoms. The van der Waals surface area contributed by atoms with Crippen molar-refractivity contribution in [2.45, 2.75) is 116 Å². The molecule has 0 amide bonds. The molecule has 0 aliphatic heterocycles. The molecule has 0 aliphatic carbocycles. The van der Waals surface area contributed by atoms with Crippen LogP contribution < -0.4 is 5.73 Å². The number of hydrogen-bond donors (Lipinski definition) is 1. The predicted octanol–water partition coefficient (Wildman–Crippen LogP) is 4.38. The van der Waals surface area contributed by atoms with Crippen LogP contribution in [0.15, 0.2) is 0 Å². The van der Waals surface area contributed by atoms with Gasteiger partial charge in [0.1, 0.15) is 6.10 Å². The Morgan fingerprint density at radius 2 is 1.24 bits per heavy atom. The lowest BCUT2D eigenvalue weighted by molar-refractivity contribution is -0.153. The largest absolute Gasteiger partial charge is 0.382 e. The van der Waals surface area contributed by atoms with Crippen molar-refractivity contribution in [3.05, 3.63) is 0 Å². The molecule has 3 atom stereocenters. The highest BCUT2D eigenvalue weighted by atomic mass is 16.6. The first-order valence-corrected chi connectivity index (χ1v) is 14.2. The van der Waals surface area contributed by atoms with Gasteiger partial charge < -0.3 is 43.6 Å². The second-order valence-corrected chi connectivity index (χ2v) is 11.9. The first-order valence-electron chi connectivity index (χ1n) is 14.2. The molecule has 0 fully saturated rings. The van der Waals surface area contributed by atoms with Crippen LogP contribution in [0.1, 0.15) is 80.6 Å². The van der Waals surface area contributed by atoms with Gasteiger partial charge >= 0.3 is 0 Å². The average Bonchev–Trinajstić information content (AvgIpc) is 2.79. The molecule has 0 rings (SSSR count). The number of methoxy groups -OCH3 is 3. The molecule has 0 aromatic rings. The molecule has 0 saturated heterocycles. The predicted molar refractivity (Wildman–Crippen MR) is 152 cm³/mol. The van der Waals surface area contributed by atoms with E-state index in [1.54, 1.807) is 21.3 Å². The van der Waals surface area contributed by atoms with Crippen molar-refractivity contribution < 1.29 is 37.9 Å². The van der Waals surface area contributed by atoms with Crippen LogP contribution >= 0.6 is 0 Å². The van der Waals surface area contributed by atoms with Gasteiger partial charge in [0.2, 0.25) is 0 Å². The van der Waals surface area contributed by atoms with Gasteiger partial charge in [-0.2, -0.15) is 0 Å². The highest BCUT2D eigenvalue weighted by Crippen LogP contribution is 2.26. The molecule has 0 aliphatic rings. The van der Waals surface area contributed by atoms with Crippen molar-refractivity contribution in [3.63, 3.8) is 0 Å². The highest BCUT2D eigenvalue weighted by molar-refractivity contribution is 4.80. The zero-order valence-corrected chi connectivity index (χ0v) is 26.3. The van der Waals surface area contributed by atoms with Crippen LogP contribution in [0.3, 0.4) is 0 Å². The molecule has 0 saturated carbocycles. The standard InChI is InChI=1S/C29H61NO8/c1-24(12-11-15-30)35-16-13-27(2,3)37-25(21-32-9)20-29(6,7)36-17-14-28(4,5)38-26(22-33-10)23-34-19-18-31-8/h24-26H,11-23,30H2,1-10H3. The Labute approximate surface area is 233 Å². The Morgan fingerprint density at radius 3 is 1.82 bits per heavy atom. The van der Waals surface area contributed by atoms with Gasteiger partial charge in [0.05, 0.1) is 68.7 Å². The Balaban J connectivity index is 4.71. The monoisotopic (exact) mass is 551 g/mol. The Morgan fingerprint density at radius 1 is 0.658 bits per heavy atom. The van der Waals surface area contributed by atoms with E-state index in [9.17, 15) is 0 Å². The summed E-state index contributed by atoms with van der Waals surface area (Å²) in [6.07, 6.45) is 4.14. The molecule has 38 heavy (non-hydrogen) atoms. The summed E-state index contributed by atoms with van der Waals surface area (Å²) in [5.74, 6) is 0. The summed E-state index contributed by atoms with van der Waals surface area (Å²) in [5.41, 5.74) is 4.47. The smallest absolute Gasteiger partial charge is 0.105 e. The summed E-state index contributed by atoms with van der Waals surface area (Å²) in [6, 6.07) is 0. The number of rotatable bonds is 26. The number of hydrogen-bond acceptors (Lipinski definition) is 9. The van der Waals surface area contributed by atoms with Crippen LogP contribution in [0.5, 0.6) is 0 Å². The average molecular weight is 552 g/mol. The molecular weight excluding hydrogens is 490 g/mol. The SMILES string of the molecule is COCCOCC(COC)OC(C)(C)CCOC(C)(C)CC(COC)OC(C)(C)CCOC(C)CCCN. The summed E-state index contributed by atoms with van der Waals surface area (Å²) in [7, 11) is 5.03. The molecule has 0 bridgehead atoms. The van der Waals surface area contributed by atoms with Gasteiger partial charge in [-0.25, -0.2) is 0 Å². The van der Waals surface area contributed by atoms with Crippen LogP contribution in [0.25, 0.3) is 0 Å². The molecule has 0 aromatic heterocycles. The minimum Gasteiger partial charge on any atom is -0.382 e. The third-order valence-corrected chi connectivity index (χ3v) is 6.25. The van der Waals surface area contributed by atoms with E-state index in [1.165, 1.54) is 0 Å². The lowest BCUT2D eigenvalue weighted by atomic mass is 9.98. The van der Waals surface area contributed by atoms with Crippen LogP contribution in [-0.2, 0) is 37.9 Å². The third kappa shape index (κ3) is 20.5. The minimum absolute atomic E-state index is 0.0979. The molecule has 0 spiro atoms. The van der Waals surface area contributed by atoms with Crippen molar-refractivity contribution >= 4 is 0 Å². The van der Waals surface area contributed by atoms with Crippen molar-refractivity contribution in [2.24, 2.45) is 5.73 Å². The molecular formula is C29H61NO8. The number of nitrogens with two attached hydrogens (primary N) is 1. The maximum absolute atomic E-state index is 6.49. The summed E-state index contributed by atoms with van der Waals surface area (Å²) in [5, 5.41) is 0. The number of ether oxygens (including phenoxy) is 8. The van der Waals surface area contributed by atoms with Gasteiger partial charge in [-0.15, -0.1) is 0 Å². The molecule has 2 N–H and O–H groups in total. The van der Waals surface area contributed by atoms with Gasteiger partial charge in [-0.3, -0.25) is 0 Å². The fourth-order valence-corrected chi connectivity index (χ4v) is 4.17. The topological polar surface area (TPSA) is 99.9 Å². The highest BCUT2D eigenvalue weighted by Gasteiger charge is 2.31. The van der Waals surface area contributed by atoms with E-state index in [0.29, 0.717) is 59.2 Å². The minimum atomic E-state index is -0.393. The van der Waals surface area contributed by atoms with Crippen LogP contribution in [0.2, 0.25) is 0 Å². The molecule has 0 radical (unpaired) electrons. The van der Waals surface area contributed by atoms with Crippen molar-refractivity contribution in [1.82, 2.24) is 0 Å². The van der Waals surface area contributed by atoms with E-state index in [4.69, 9.17) is 43.6 Å². The summed E-state index contributed by atoms with van der Waals surface area (Å²) in [6.45, 7) is 19.0. The van der Waals surface area contributed by atoms with Gasteiger partial charge in [0.25, 0.3) is 0 Å². The Bertz CT molecular complexity index is 559. The maximum atomic E-state index is 6.49. The van der Waals surface area contributed by atoms with E-state index in [2.05, 4.69) is 48.5 Å². The fourth-order valence-electron chi connectivity index (χ4n) is 4.17. The lowest BCUT2D eigenvalue weighted by Crippen LogP contribution is -2.41. The Kier molecular flexibility index (Phi) is 20.3. The third-order valence-electron chi connectivity index (χ3n) is 6.25. The molecule has 3 unspecified atom stereocenters. The maximum Gasteiger partial charge on any atom is 0.105 e. The van der Waals surface area contributed by atoms with Gasteiger partial charge in [0.15, 0.2) is 0 Å². The first-order chi connectivity index (χ1) is 17.8. The van der Waals surface area contributed by atoms with E-state index in [0.717, 1.165) is 25.7 Å². The molecule has 230 valence electrons. The molecule has 0 heterocycles. The summed E-state index contributed by atoms with van der Waals surface area (Å²) < 4.78 is 46.6. The van der Waals surface area contributed by atoms with Crippen LogP contribution in [0.4, 0.5) is 0 Å². The zero-order valence-electron chi connectivity index (χ0n) is 26.3. The van der Waals surface area contributed by atoms with Gasteiger partial charge in [-0.05, 0) is 80.7 Å². The first kappa shape index (κ1) is 37.6. The van der Waals surface area contributed by atoms with Crippen molar-refractivity contribution in [3.8, 4) is 0 Å². The van der Waals surface area contributed by atoms with E-state index < -0.39 is 11.2 Å². The molecule has 0 aromatic carbocycles. The second kappa shape index (κ2) is 20.5. The van der Waals surface area contributed by atoms with E-state index in [-0.39, 0.29) is 23.9 Å². The van der Waals surface area contributed by atoms with Gasteiger partial charge in [-0.1, -0.05) is 0 Å². The van der Waals surface area contributed by atoms with Crippen molar-refractivity contribution in [1.29, 1.82) is 0 Å². The van der Waals surface area contributed by atoms with Crippen LogP contribution in [-0.4, -0.2) is 109 Å². The van der Waals surface area contributed by atoms with E-state index in [1.807, 2.05) is 0 Å². The summed E-state index contributed by atoms with van der Waals surface area (Å²) in [4.78, 5) is 0. The zero-order chi connectivity index (χ0) is 29.1.